The van der Waals surface area contributed by atoms with Crippen molar-refractivity contribution in [2.45, 2.75) is 30.6 Å². The number of rotatable bonds is 3. The Morgan fingerprint density at radius 3 is 2.24 bits per heavy atom. The highest BCUT2D eigenvalue weighted by molar-refractivity contribution is 7.98. The van der Waals surface area contributed by atoms with E-state index in [9.17, 15) is 4.79 Å². The van der Waals surface area contributed by atoms with E-state index in [1.165, 1.54) is 23.4 Å². The molecule has 21 heavy (non-hydrogen) atoms. The fourth-order valence-corrected chi connectivity index (χ4v) is 3.82. The highest BCUT2D eigenvalue weighted by Crippen LogP contribution is 2.27. The van der Waals surface area contributed by atoms with E-state index in [0.717, 1.165) is 39.0 Å². The lowest BCUT2D eigenvalue weighted by atomic mass is 10.1. The van der Waals surface area contributed by atoms with Crippen LogP contribution in [0.15, 0.2) is 29.2 Å². The number of anilines is 1. The van der Waals surface area contributed by atoms with Gasteiger partial charge in [-0.05, 0) is 43.4 Å². The quantitative estimate of drug-likeness (QED) is 0.801. The average molecular weight is 304 g/mol. The fourth-order valence-electron chi connectivity index (χ4n) is 3.41. The standard InChI is InChI=1S/C17H24N2OS/c1-21-16-8-6-15(7-9-16)18-10-12-19(13-11-18)17(20)14-4-2-3-5-14/h6-9,14H,2-5,10-13H2,1H3. The van der Waals surface area contributed by atoms with Crippen LogP contribution in [0, 0.1) is 5.92 Å². The molecule has 0 aromatic heterocycles. The van der Waals surface area contributed by atoms with Crippen molar-refractivity contribution < 1.29 is 4.79 Å². The van der Waals surface area contributed by atoms with Gasteiger partial charge in [0.2, 0.25) is 5.91 Å². The highest BCUT2D eigenvalue weighted by atomic mass is 32.2. The van der Waals surface area contributed by atoms with E-state index in [4.69, 9.17) is 0 Å². The molecule has 0 N–H and O–H groups in total. The Morgan fingerprint density at radius 2 is 1.67 bits per heavy atom. The van der Waals surface area contributed by atoms with Crippen molar-refractivity contribution in [3.05, 3.63) is 24.3 Å². The maximum Gasteiger partial charge on any atom is 0.225 e. The van der Waals surface area contributed by atoms with Crippen molar-refractivity contribution >= 4 is 23.4 Å². The fraction of sp³-hybridized carbons (Fsp3) is 0.588. The molecule has 0 spiro atoms. The first kappa shape index (κ1) is 14.8. The molecule has 1 heterocycles. The van der Waals surface area contributed by atoms with E-state index in [-0.39, 0.29) is 0 Å². The van der Waals surface area contributed by atoms with Crippen LogP contribution in [-0.4, -0.2) is 43.2 Å². The summed E-state index contributed by atoms with van der Waals surface area (Å²) in [4.78, 5) is 18.2. The van der Waals surface area contributed by atoms with Gasteiger partial charge in [0.25, 0.3) is 0 Å². The normalized spacial score (nSPS) is 20.0. The first-order valence-electron chi connectivity index (χ1n) is 7.96. The molecular formula is C17H24N2OS. The molecule has 1 amide bonds. The van der Waals surface area contributed by atoms with Crippen LogP contribution in [0.25, 0.3) is 0 Å². The van der Waals surface area contributed by atoms with Crippen LogP contribution in [0.4, 0.5) is 5.69 Å². The van der Waals surface area contributed by atoms with Crippen LogP contribution in [0.2, 0.25) is 0 Å². The average Bonchev–Trinajstić information content (AvgIpc) is 3.09. The van der Waals surface area contributed by atoms with Gasteiger partial charge in [0, 0.05) is 42.7 Å². The van der Waals surface area contributed by atoms with Gasteiger partial charge in [-0.25, -0.2) is 0 Å². The predicted octanol–water partition coefficient (Wildman–Crippen LogP) is 3.25. The van der Waals surface area contributed by atoms with Gasteiger partial charge in [-0.3, -0.25) is 4.79 Å². The molecule has 1 aromatic rings. The lowest BCUT2D eigenvalue weighted by molar-refractivity contribution is -0.135. The largest absolute Gasteiger partial charge is 0.368 e. The second kappa shape index (κ2) is 6.73. The zero-order valence-electron chi connectivity index (χ0n) is 12.8. The van der Waals surface area contributed by atoms with E-state index in [2.05, 4.69) is 40.3 Å². The highest BCUT2D eigenvalue weighted by Gasteiger charge is 2.29. The number of amides is 1. The van der Waals surface area contributed by atoms with E-state index < -0.39 is 0 Å². The van der Waals surface area contributed by atoms with Crippen molar-refractivity contribution in [2.24, 2.45) is 5.92 Å². The molecular weight excluding hydrogens is 280 g/mol. The molecule has 0 unspecified atom stereocenters. The monoisotopic (exact) mass is 304 g/mol. The van der Waals surface area contributed by atoms with Crippen molar-refractivity contribution in [2.75, 3.05) is 37.3 Å². The van der Waals surface area contributed by atoms with Gasteiger partial charge in [0.1, 0.15) is 0 Å². The van der Waals surface area contributed by atoms with E-state index >= 15 is 0 Å². The SMILES string of the molecule is CSc1ccc(N2CCN(C(=O)C3CCCC3)CC2)cc1. The van der Waals surface area contributed by atoms with E-state index in [1.807, 2.05) is 0 Å². The molecule has 2 aliphatic rings. The third-order valence-corrected chi connectivity index (χ3v) is 5.48. The van der Waals surface area contributed by atoms with Crippen LogP contribution in [-0.2, 0) is 4.79 Å². The molecule has 1 aliphatic heterocycles. The number of nitrogens with zero attached hydrogens (tertiary/aromatic N) is 2. The molecule has 1 saturated carbocycles. The second-order valence-electron chi connectivity index (χ2n) is 5.99. The van der Waals surface area contributed by atoms with Crippen molar-refractivity contribution in [3.8, 4) is 0 Å². The number of carbonyl (C=O) groups is 1. The summed E-state index contributed by atoms with van der Waals surface area (Å²) in [5.41, 5.74) is 1.28. The molecule has 2 fully saturated rings. The van der Waals surface area contributed by atoms with Gasteiger partial charge in [0.05, 0.1) is 0 Å². The minimum Gasteiger partial charge on any atom is -0.368 e. The van der Waals surface area contributed by atoms with Crippen LogP contribution >= 0.6 is 11.8 Å². The van der Waals surface area contributed by atoms with Gasteiger partial charge < -0.3 is 9.80 Å². The molecule has 0 radical (unpaired) electrons. The maximum absolute atomic E-state index is 12.4. The molecule has 3 nitrogen and oxygen atoms in total. The van der Waals surface area contributed by atoms with Crippen LogP contribution < -0.4 is 4.90 Å². The summed E-state index contributed by atoms with van der Waals surface area (Å²) in [5, 5.41) is 0. The number of thioether (sulfide) groups is 1. The number of hydrogen-bond acceptors (Lipinski definition) is 3. The van der Waals surface area contributed by atoms with Crippen LogP contribution in [0.3, 0.4) is 0 Å². The van der Waals surface area contributed by atoms with Gasteiger partial charge >= 0.3 is 0 Å². The first-order chi connectivity index (χ1) is 10.3. The predicted molar refractivity (Wildman–Crippen MR) is 89.0 cm³/mol. The second-order valence-corrected chi connectivity index (χ2v) is 6.87. The zero-order chi connectivity index (χ0) is 14.7. The molecule has 1 aromatic carbocycles. The Labute approximate surface area is 131 Å². The summed E-state index contributed by atoms with van der Waals surface area (Å²) in [5.74, 6) is 0.724. The summed E-state index contributed by atoms with van der Waals surface area (Å²) in [6, 6.07) is 8.74. The van der Waals surface area contributed by atoms with Crippen molar-refractivity contribution in [3.63, 3.8) is 0 Å². The molecule has 0 atom stereocenters. The number of carbonyl (C=O) groups excluding carboxylic acids is 1. The van der Waals surface area contributed by atoms with Crippen LogP contribution in [0.1, 0.15) is 25.7 Å². The Bertz CT molecular complexity index is 474. The molecule has 1 aliphatic carbocycles. The minimum atomic E-state index is 0.317. The van der Waals surface area contributed by atoms with Crippen molar-refractivity contribution in [1.82, 2.24) is 4.90 Å². The Kier molecular flexibility index (Phi) is 4.73. The Morgan fingerprint density at radius 1 is 1.05 bits per heavy atom. The van der Waals surface area contributed by atoms with Gasteiger partial charge in [-0.2, -0.15) is 0 Å². The molecule has 1 saturated heterocycles. The summed E-state index contributed by atoms with van der Waals surface area (Å²) in [7, 11) is 0. The third-order valence-electron chi connectivity index (χ3n) is 4.73. The first-order valence-corrected chi connectivity index (χ1v) is 9.18. The van der Waals surface area contributed by atoms with Crippen LogP contribution in [0.5, 0.6) is 0 Å². The van der Waals surface area contributed by atoms with E-state index in [0.29, 0.717) is 11.8 Å². The van der Waals surface area contributed by atoms with Gasteiger partial charge in [-0.15, -0.1) is 11.8 Å². The minimum absolute atomic E-state index is 0.317. The van der Waals surface area contributed by atoms with Crippen molar-refractivity contribution in [1.29, 1.82) is 0 Å². The summed E-state index contributed by atoms with van der Waals surface area (Å²) in [6.45, 7) is 3.66. The number of benzene rings is 1. The van der Waals surface area contributed by atoms with Gasteiger partial charge in [-0.1, -0.05) is 12.8 Å². The molecule has 0 bridgehead atoms. The summed E-state index contributed by atoms with van der Waals surface area (Å²) in [6.07, 6.45) is 6.78. The summed E-state index contributed by atoms with van der Waals surface area (Å²) < 4.78 is 0. The smallest absolute Gasteiger partial charge is 0.225 e. The maximum atomic E-state index is 12.4. The molecule has 114 valence electrons. The number of hydrogen-bond donors (Lipinski definition) is 0. The molecule has 3 rings (SSSR count). The number of piperazine rings is 1. The summed E-state index contributed by atoms with van der Waals surface area (Å²) >= 11 is 1.77. The third kappa shape index (κ3) is 3.37. The van der Waals surface area contributed by atoms with E-state index in [1.54, 1.807) is 11.8 Å². The molecule has 4 heteroatoms. The lowest BCUT2D eigenvalue weighted by Crippen LogP contribution is -2.50. The lowest BCUT2D eigenvalue weighted by Gasteiger charge is -2.37. The zero-order valence-corrected chi connectivity index (χ0v) is 13.6. The van der Waals surface area contributed by atoms with Gasteiger partial charge in [0.15, 0.2) is 0 Å². The Balaban J connectivity index is 1.55. The Hall–Kier alpha value is -1.16. The topological polar surface area (TPSA) is 23.6 Å².